The molecule has 2 aromatic rings. The molecule has 2 heterocycles. The van der Waals surface area contributed by atoms with Crippen molar-refractivity contribution in [3.8, 4) is 0 Å². The molecule has 4 nitrogen and oxygen atoms in total. The SMILES string of the molecule is Cc1ccc(CNC(=S)Nc2ncc(Br)c(C)c2Cl)o1. The summed E-state index contributed by atoms with van der Waals surface area (Å²) < 4.78 is 6.30. The highest BCUT2D eigenvalue weighted by molar-refractivity contribution is 9.10. The zero-order valence-corrected chi connectivity index (χ0v) is 14.1. The number of aryl methyl sites for hydroxylation is 1. The van der Waals surface area contributed by atoms with Crippen molar-refractivity contribution in [1.82, 2.24) is 10.3 Å². The second-order valence-electron chi connectivity index (χ2n) is 4.21. The second kappa shape index (κ2) is 6.56. The Hall–Kier alpha value is -1.11. The van der Waals surface area contributed by atoms with Crippen LogP contribution in [0, 0.1) is 13.8 Å². The number of nitrogens with zero attached hydrogens (tertiary/aromatic N) is 1. The van der Waals surface area contributed by atoms with Crippen molar-refractivity contribution >= 4 is 50.7 Å². The van der Waals surface area contributed by atoms with Gasteiger partial charge < -0.3 is 15.1 Å². The molecule has 0 aromatic carbocycles. The topological polar surface area (TPSA) is 50.1 Å². The largest absolute Gasteiger partial charge is 0.465 e. The van der Waals surface area contributed by atoms with Gasteiger partial charge in [-0.15, -0.1) is 0 Å². The number of hydrogen-bond donors (Lipinski definition) is 2. The van der Waals surface area contributed by atoms with Crippen LogP contribution >= 0.6 is 39.7 Å². The number of halogens is 2. The molecule has 0 saturated carbocycles. The molecule has 0 spiro atoms. The molecule has 0 amide bonds. The third-order valence-electron chi connectivity index (χ3n) is 2.65. The van der Waals surface area contributed by atoms with Gasteiger partial charge in [0.1, 0.15) is 11.5 Å². The van der Waals surface area contributed by atoms with Crippen LogP contribution in [0.5, 0.6) is 0 Å². The minimum Gasteiger partial charge on any atom is -0.465 e. The maximum Gasteiger partial charge on any atom is 0.172 e. The van der Waals surface area contributed by atoms with Gasteiger partial charge in [0.25, 0.3) is 0 Å². The monoisotopic (exact) mass is 373 g/mol. The van der Waals surface area contributed by atoms with Crippen LogP contribution in [0.4, 0.5) is 5.82 Å². The Kier molecular flexibility index (Phi) is 5.01. The molecule has 7 heteroatoms. The third kappa shape index (κ3) is 3.71. The van der Waals surface area contributed by atoms with Gasteiger partial charge in [0, 0.05) is 10.7 Å². The Morgan fingerprint density at radius 2 is 2.20 bits per heavy atom. The molecule has 0 bridgehead atoms. The van der Waals surface area contributed by atoms with Crippen molar-refractivity contribution in [2.45, 2.75) is 20.4 Å². The lowest BCUT2D eigenvalue weighted by atomic mass is 10.3. The van der Waals surface area contributed by atoms with Crippen molar-refractivity contribution < 1.29 is 4.42 Å². The molecule has 106 valence electrons. The Morgan fingerprint density at radius 3 is 2.85 bits per heavy atom. The molecule has 2 rings (SSSR count). The number of aromatic nitrogens is 1. The van der Waals surface area contributed by atoms with E-state index < -0.39 is 0 Å². The molecule has 0 radical (unpaired) electrons. The Labute approximate surface area is 136 Å². The molecule has 2 N–H and O–H groups in total. The Bertz CT molecular complexity index is 645. The minimum absolute atomic E-state index is 0.440. The van der Waals surface area contributed by atoms with Crippen LogP contribution in [0.2, 0.25) is 5.02 Å². The summed E-state index contributed by atoms with van der Waals surface area (Å²) in [5, 5.41) is 6.99. The Morgan fingerprint density at radius 1 is 1.45 bits per heavy atom. The highest BCUT2D eigenvalue weighted by Crippen LogP contribution is 2.28. The number of rotatable bonds is 3. The second-order valence-corrected chi connectivity index (χ2v) is 5.85. The molecular weight excluding hydrogens is 362 g/mol. The van der Waals surface area contributed by atoms with Gasteiger partial charge in [0.05, 0.1) is 11.6 Å². The van der Waals surface area contributed by atoms with Gasteiger partial charge in [0.2, 0.25) is 0 Å². The van der Waals surface area contributed by atoms with E-state index in [1.807, 2.05) is 26.0 Å². The van der Waals surface area contributed by atoms with Gasteiger partial charge >= 0.3 is 0 Å². The van der Waals surface area contributed by atoms with Gasteiger partial charge in [-0.3, -0.25) is 0 Å². The predicted octanol–water partition coefficient (Wildman–Crippen LogP) is 4.19. The van der Waals surface area contributed by atoms with Crippen LogP contribution < -0.4 is 10.6 Å². The smallest absolute Gasteiger partial charge is 0.172 e. The van der Waals surface area contributed by atoms with Gasteiger partial charge in [-0.05, 0) is 59.7 Å². The summed E-state index contributed by atoms with van der Waals surface area (Å²) in [5.74, 6) is 2.21. The first kappa shape index (κ1) is 15.3. The molecule has 0 aliphatic heterocycles. The summed E-state index contributed by atoms with van der Waals surface area (Å²) in [5.41, 5.74) is 0.911. The predicted molar refractivity (Wildman–Crippen MR) is 88.2 cm³/mol. The van der Waals surface area contributed by atoms with E-state index >= 15 is 0 Å². The highest BCUT2D eigenvalue weighted by Gasteiger charge is 2.09. The normalized spacial score (nSPS) is 10.4. The molecule has 20 heavy (non-hydrogen) atoms. The van der Waals surface area contributed by atoms with Crippen molar-refractivity contribution in [2.24, 2.45) is 0 Å². The van der Waals surface area contributed by atoms with Crippen LogP contribution in [0.25, 0.3) is 0 Å². The molecule has 0 unspecified atom stereocenters. The van der Waals surface area contributed by atoms with E-state index in [0.29, 0.717) is 22.5 Å². The van der Waals surface area contributed by atoms with E-state index in [4.69, 9.17) is 28.2 Å². The van der Waals surface area contributed by atoms with Crippen molar-refractivity contribution in [3.63, 3.8) is 0 Å². The number of pyridine rings is 1. The molecule has 0 saturated heterocycles. The van der Waals surface area contributed by atoms with Crippen LogP contribution in [0.15, 0.2) is 27.2 Å². The average molecular weight is 375 g/mol. The third-order valence-corrected chi connectivity index (χ3v) is 4.16. The summed E-state index contributed by atoms with van der Waals surface area (Å²) in [6.07, 6.45) is 1.68. The van der Waals surface area contributed by atoms with Crippen LogP contribution in [0.1, 0.15) is 17.1 Å². The molecular formula is C13H13BrClN3OS. The first-order valence-corrected chi connectivity index (χ1v) is 7.46. The standard InChI is InChI=1S/C13H13BrClN3OS/c1-7-3-4-9(19-7)5-17-13(20)18-12-11(15)8(2)10(14)6-16-12/h3-4,6H,5H2,1-2H3,(H2,16,17,18,20). The molecule has 0 aliphatic carbocycles. The van der Waals surface area contributed by atoms with E-state index in [1.54, 1.807) is 6.20 Å². The first-order valence-electron chi connectivity index (χ1n) is 5.88. The number of thiocarbonyl (C=S) groups is 1. The molecule has 0 aliphatic rings. The number of nitrogens with one attached hydrogen (secondary N) is 2. The van der Waals surface area contributed by atoms with E-state index in [0.717, 1.165) is 21.6 Å². The maximum atomic E-state index is 6.20. The van der Waals surface area contributed by atoms with Crippen LogP contribution in [-0.4, -0.2) is 10.1 Å². The van der Waals surface area contributed by atoms with Gasteiger partial charge in [-0.1, -0.05) is 11.6 Å². The lowest BCUT2D eigenvalue weighted by Crippen LogP contribution is -2.28. The fraction of sp³-hybridized carbons (Fsp3) is 0.231. The molecule has 0 atom stereocenters. The van der Waals surface area contributed by atoms with E-state index in [2.05, 4.69) is 31.5 Å². The zero-order chi connectivity index (χ0) is 14.7. The summed E-state index contributed by atoms with van der Waals surface area (Å²) >= 11 is 14.8. The van der Waals surface area contributed by atoms with Gasteiger partial charge in [0.15, 0.2) is 10.9 Å². The summed E-state index contributed by atoms with van der Waals surface area (Å²) in [4.78, 5) is 4.20. The maximum absolute atomic E-state index is 6.20. The van der Waals surface area contributed by atoms with Gasteiger partial charge in [-0.25, -0.2) is 4.98 Å². The average Bonchev–Trinajstić information content (AvgIpc) is 2.83. The van der Waals surface area contributed by atoms with Crippen molar-refractivity contribution in [3.05, 3.63) is 44.9 Å². The fourth-order valence-electron chi connectivity index (χ4n) is 1.54. The van der Waals surface area contributed by atoms with Crippen LogP contribution in [-0.2, 0) is 6.54 Å². The number of furan rings is 1. The van der Waals surface area contributed by atoms with E-state index in [9.17, 15) is 0 Å². The minimum atomic E-state index is 0.440. The lowest BCUT2D eigenvalue weighted by Gasteiger charge is -2.11. The first-order chi connectivity index (χ1) is 9.47. The van der Waals surface area contributed by atoms with Crippen molar-refractivity contribution in [1.29, 1.82) is 0 Å². The highest BCUT2D eigenvalue weighted by atomic mass is 79.9. The van der Waals surface area contributed by atoms with E-state index in [1.165, 1.54) is 0 Å². The molecule has 2 aromatic heterocycles. The zero-order valence-electron chi connectivity index (χ0n) is 11.0. The summed E-state index contributed by atoms with van der Waals surface area (Å²) in [6.45, 7) is 4.31. The quantitative estimate of drug-likeness (QED) is 0.789. The number of hydrogen-bond acceptors (Lipinski definition) is 3. The fourth-order valence-corrected chi connectivity index (χ4v) is 2.33. The van der Waals surface area contributed by atoms with Gasteiger partial charge in [-0.2, -0.15) is 0 Å². The van der Waals surface area contributed by atoms with Crippen molar-refractivity contribution in [2.75, 3.05) is 5.32 Å². The van der Waals surface area contributed by atoms with Crippen LogP contribution in [0.3, 0.4) is 0 Å². The molecule has 0 fully saturated rings. The summed E-state index contributed by atoms with van der Waals surface area (Å²) in [7, 11) is 0. The van der Waals surface area contributed by atoms with E-state index in [-0.39, 0.29) is 0 Å². The lowest BCUT2D eigenvalue weighted by molar-refractivity contribution is 0.478. The Balaban J connectivity index is 1.96. The number of anilines is 1. The summed E-state index contributed by atoms with van der Waals surface area (Å²) in [6, 6.07) is 3.81.